The number of esters is 1. The predicted molar refractivity (Wildman–Crippen MR) is 46.8 cm³/mol. The van der Waals surface area contributed by atoms with Gasteiger partial charge < -0.3 is 10.1 Å². The SMILES string of the molecule is CCCOC(=O)[C@@H]1CCCNC1. The summed E-state index contributed by atoms with van der Waals surface area (Å²) in [6, 6.07) is 0. The fourth-order valence-electron chi connectivity index (χ4n) is 1.37. The van der Waals surface area contributed by atoms with Crippen LogP contribution in [0, 0.1) is 5.92 Å². The zero-order valence-corrected chi connectivity index (χ0v) is 7.64. The van der Waals surface area contributed by atoms with Crippen LogP contribution in [0.15, 0.2) is 0 Å². The standard InChI is InChI=1S/C9H17NO2/c1-2-6-12-9(11)8-4-3-5-10-7-8/h8,10H,2-7H2,1H3/t8-/m1/s1. The second-order valence-electron chi connectivity index (χ2n) is 3.21. The molecule has 1 atom stereocenters. The third-order valence-corrected chi connectivity index (χ3v) is 2.08. The summed E-state index contributed by atoms with van der Waals surface area (Å²) in [6.07, 6.45) is 2.98. The van der Waals surface area contributed by atoms with Gasteiger partial charge in [0.1, 0.15) is 0 Å². The molecule has 0 aromatic carbocycles. The van der Waals surface area contributed by atoms with E-state index in [1.165, 1.54) is 0 Å². The Morgan fingerprint density at radius 3 is 3.08 bits per heavy atom. The van der Waals surface area contributed by atoms with E-state index >= 15 is 0 Å². The topological polar surface area (TPSA) is 38.3 Å². The van der Waals surface area contributed by atoms with Crippen molar-refractivity contribution in [3.8, 4) is 0 Å². The van der Waals surface area contributed by atoms with E-state index in [1.807, 2.05) is 6.92 Å². The van der Waals surface area contributed by atoms with E-state index in [9.17, 15) is 4.79 Å². The minimum Gasteiger partial charge on any atom is -0.465 e. The summed E-state index contributed by atoms with van der Waals surface area (Å²) in [6.45, 7) is 4.40. The lowest BCUT2D eigenvalue weighted by Crippen LogP contribution is -2.35. The van der Waals surface area contributed by atoms with Crippen molar-refractivity contribution in [3.05, 3.63) is 0 Å². The minimum atomic E-state index is -0.0240. The number of carbonyl (C=O) groups excluding carboxylic acids is 1. The van der Waals surface area contributed by atoms with Gasteiger partial charge in [0.15, 0.2) is 0 Å². The van der Waals surface area contributed by atoms with E-state index in [0.29, 0.717) is 6.61 Å². The van der Waals surface area contributed by atoms with Crippen molar-refractivity contribution in [2.45, 2.75) is 26.2 Å². The van der Waals surface area contributed by atoms with Gasteiger partial charge in [-0.15, -0.1) is 0 Å². The predicted octanol–water partition coefficient (Wildman–Crippen LogP) is 0.939. The normalized spacial score (nSPS) is 23.6. The first-order valence-electron chi connectivity index (χ1n) is 4.72. The third-order valence-electron chi connectivity index (χ3n) is 2.08. The summed E-state index contributed by atoms with van der Waals surface area (Å²) < 4.78 is 5.05. The number of carbonyl (C=O) groups is 1. The Balaban J connectivity index is 2.20. The summed E-state index contributed by atoms with van der Waals surface area (Å²) in [5, 5.41) is 3.19. The van der Waals surface area contributed by atoms with Crippen LogP contribution >= 0.6 is 0 Å². The molecule has 0 aromatic rings. The maximum atomic E-state index is 11.3. The minimum absolute atomic E-state index is 0.0240. The van der Waals surface area contributed by atoms with E-state index in [1.54, 1.807) is 0 Å². The van der Waals surface area contributed by atoms with E-state index in [-0.39, 0.29) is 11.9 Å². The number of piperidine rings is 1. The number of rotatable bonds is 3. The van der Waals surface area contributed by atoms with Gasteiger partial charge in [-0.2, -0.15) is 0 Å². The zero-order chi connectivity index (χ0) is 8.81. The number of nitrogens with one attached hydrogen (secondary N) is 1. The Morgan fingerprint density at radius 2 is 2.50 bits per heavy atom. The molecule has 0 aliphatic carbocycles. The highest BCUT2D eigenvalue weighted by molar-refractivity contribution is 5.72. The highest BCUT2D eigenvalue weighted by atomic mass is 16.5. The van der Waals surface area contributed by atoms with Gasteiger partial charge in [-0.3, -0.25) is 4.79 Å². The molecule has 1 aliphatic heterocycles. The Hall–Kier alpha value is -0.570. The maximum absolute atomic E-state index is 11.3. The molecule has 1 heterocycles. The average Bonchev–Trinajstić information content (AvgIpc) is 2.15. The van der Waals surface area contributed by atoms with Gasteiger partial charge in [0.2, 0.25) is 0 Å². The summed E-state index contributed by atoms with van der Waals surface area (Å²) in [5.74, 6) is 0.0781. The molecule has 70 valence electrons. The van der Waals surface area contributed by atoms with Gasteiger partial charge in [0.05, 0.1) is 12.5 Å². The molecule has 0 aromatic heterocycles. The Labute approximate surface area is 73.5 Å². The highest BCUT2D eigenvalue weighted by Crippen LogP contribution is 2.11. The molecule has 0 saturated carbocycles. The summed E-state index contributed by atoms with van der Waals surface area (Å²) in [4.78, 5) is 11.3. The quantitative estimate of drug-likeness (QED) is 0.642. The maximum Gasteiger partial charge on any atom is 0.310 e. The summed E-state index contributed by atoms with van der Waals surface area (Å²) in [7, 11) is 0. The number of hydrogen-bond acceptors (Lipinski definition) is 3. The summed E-state index contributed by atoms with van der Waals surface area (Å²) in [5.41, 5.74) is 0. The lowest BCUT2D eigenvalue weighted by atomic mass is 10.0. The molecule has 1 rings (SSSR count). The van der Waals surface area contributed by atoms with E-state index < -0.39 is 0 Å². The lowest BCUT2D eigenvalue weighted by molar-refractivity contribution is -0.149. The van der Waals surface area contributed by atoms with Crippen LogP contribution in [0.1, 0.15) is 26.2 Å². The van der Waals surface area contributed by atoms with Gasteiger partial charge >= 0.3 is 5.97 Å². The van der Waals surface area contributed by atoms with Crippen molar-refractivity contribution in [3.63, 3.8) is 0 Å². The van der Waals surface area contributed by atoms with Gasteiger partial charge in [-0.1, -0.05) is 6.92 Å². The lowest BCUT2D eigenvalue weighted by Gasteiger charge is -2.20. The van der Waals surface area contributed by atoms with Crippen molar-refractivity contribution in [1.82, 2.24) is 5.32 Å². The van der Waals surface area contributed by atoms with Crippen molar-refractivity contribution >= 4 is 5.97 Å². The Kier molecular flexibility index (Phi) is 4.08. The van der Waals surface area contributed by atoms with Gasteiger partial charge in [0.25, 0.3) is 0 Å². The molecule has 1 aliphatic rings. The fourth-order valence-corrected chi connectivity index (χ4v) is 1.37. The van der Waals surface area contributed by atoms with Gasteiger partial charge in [-0.05, 0) is 25.8 Å². The van der Waals surface area contributed by atoms with Gasteiger partial charge in [0, 0.05) is 6.54 Å². The second-order valence-corrected chi connectivity index (χ2v) is 3.21. The van der Waals surface area contributed by atoms with Crippen LogP contribution in [-0.2, 0) is 9.53 Å². The van der Waals surface area contributed by atoms with Crippen LogP contribution in [-0.4, -0.2) is 25.7 Å². The molecule has 12 heavy (non-hydrogen) atoms. The molecule has 1 fully saturated rings. The van der Waals surface area contributed by atoms with Crippen LogP contribution in [0.5, 0.6) is 0 Å². The van der Waals surface area contributed by atoms with Crippen molar-refractivity contribution < 1.29 is 9.53 Å². The number of hydrogen-bond donors (Lipinski definition) is 1. The Bertz CT molecular complexity index is 141. The van der Waals surface area contributed by atoms with E-state index in [2.05, 4.69) is 5.32 Å². The van der Waals surface area contributed by atoms with Crippen LogP contribution < -0.4 is 5.32 Å². The molecule has 0 amide bonds. The van der Waals surface area contributed by atoms with E-state index in [0.717, 1.165) is 32.4 Å². The van der Waals surface area contributed by atoms with Crippen molar-refractivity contribution in [2.75, 3.05) is 19.7 Å². The van der Waals surface area contributed by atoms with Crippen molar-refractivity contribution in [1.29, 1.82) is 0 Å². The monoisotopic (exact) mass is 171 g/mol. The van der Waals surface area contributed by atoms with Crippen LogP contribution in [0.25, 0.3) is 0 Å². The molecular formula is C9H17NO2. The molecule has 3 heteroatoms. The Morgan fingerprint density at radius 1 is 1.67 bits per heavy atom. The average molecular weight is 171 g/mol. The molecule has 1 N–H and O–H groups in total. The van der Waals surface area contributed by atoms with Crippen molar-refractivity contribution in [2.24, 2.45) is 5.92 Å². The molecule has 0 unspecified atom stereocenters. The highest BCUT2D eigenvalue weighted by Gasteiger charge is 2.21. The largest absolute Gasteiger partial charge is 0.465 e. The first kappa shape index (κ1) is 9.52. The molecule has 0 radical (unpaired) electrons. The fraction of sp³-hybridized carbons (Fsp3) is 0.889. The van der Waals surface area contributed by atoms with Crippen LogP contribution in [0.2, 0.25) is 0 Å². The zero-order valence-electron chi connectivity index (χ0n) is 7.64. The molecule has 1 saturated heterocycles. The van der Waals surface area contributed by atoms with Crippen LogP contribution in [0.3, 0.4) is 0 Å². The second kappa shape index (κ2) is 5.14. The van der Waals surface area contributed by atoms with Crippen LogP contribution in [0.4, 0.5) is 0 Å². The molecular weight excluding hydrogens is 154 g/mol. The van der Waals surface area contributed by atoms with Gasteiger partial charge in [-0.25, -0.2) is 0 Å². The number of ether oxygens (including phenoxy) is 1. The molecule has 0 spiro atoms. The molecule has 3 nitrogen and oxygen atoms in total. The first-order chi connectivity index (χ1) is 5.84. The third kappa shape index (κ3) is 2.81. The summed E-state index contributed by atoms with van der Waals surface area (Å²) >= 11 is 0. The smallest absolute Gasteiger partial charge is 0.310 e. The first-order valence-corrected chi connectivity index (χ1v) is 4.72. The van der Waals surface area contributed by atoms with E-state index in [4.69, 9.17) is 4.74 Å². The molecule has 0 bridgehead atoms.